The number of hydrogen-bond donors (Lipinski definition) is 1. The van der Waals surface area contributed by atoms with Crippen LogP contribution in [0.4, 0.5) is 0 Å². The lowest BCUT2D eigenvalue weighted by molar-refractivity contribution is -0.145. The van der Waals surface area contributed by atoms with Crippen molar-refractivity contribution in [3.8, 4) is 5.75 Å². The van der Waals surface area contributed by atoms with Crippen LogP contribution in [0.25, 0.3) is 10.8 Å². The van der Waals surface area contributed by atoms with Crippen LogP contribution in [-0.2, 0) is 4.79 Å². The Balaban J connectivity index is 2.38. The molecule has 2 aromatic carbocycles. The molecule has 88 valence electrons. The number of carboxylic acid groups (broad SMARTS) is 1. The van der Waals surface area contributed by atoms with Crippen LogP contribution < -0.4 is 4.74 Å². The first-order chi connectivity index (χ1) is 8.22. The van der Waals surface area contributed by atoms with E-state index in [9.17, 15) is 4.79 Å². The van der Waals surface area contributed by atoms with Crippen molar-refractivity contribution in [2.75, 3.05) is 0 Å². The van der Waals surface area contributed by atoms with E-state index in [1.807, 2.05) is 36.4 Å². The summed E-state index contributed by atoms with van der Waals surface area (Å²) in [6.07, 6.45) is -0.348. The lowest BCUT2D eigenvalue weighted by atomic mass is 10.1. The quantitative estimate of drug-likeness (QED) is 0.877. The highest BCUT2D eigenvalue weighted by atomic mass is 16.5. The zero-order chi connectivity index (χ0) is 12.3. The van der Waals surface area contributed by atoms with Gasteiger partial charge in [-0.2, -0.15) is 0 Å². The van der Waals surface area contributed by atoms with Crippen LogP contribution in [0, 0.1) is 0 Å². The molecule has 0 aliphatic rings. The van der Waals surface area contributed by atoms with Gasteiger partial charge in [-0.05, 0) is 17.9 Å². The Morgan fingerprint density at radius 3 is 2.65 bits per heavy atom. The van der Waals surface area contributed by atoms with Crippen molar-refractivity contribution in [1.82, 2.24) is 0 Å². The monoisotopic (exact) mass is 230 g/mol. The van der Waals surface area contributed by atoms with Crippen LogP contribution in [0.5, 0.6) is 5.75 Å². The van der Waals surface area contributed by atoms with E-state index < -0.39 is 12.1 Å². The molecule has 1 N–H and O–H groups in total. The molecule has 2 rings (SSSR count). The molecule has 0 bridgehead atoms. The largest absolute Gasteiger partial charge is 0.479 e. The Morgan fingerprint density at radius 2 is 1.94 bits per heavy atom. The zero-order valence-corrected chi connectivity index (χ0v) is 9.59. The van der Waals surface area contributed by atoms with E-state index in [1.54, 1.807) is 13.0 Å². The maximum absolute atomic E-state index is 10.9. The minimum Gasteiger partial charge on any atom is -0.479 e. The van der Waals surface area contributed by atoms with Gasteiger partial charge in [0.25, 0.3) is 0 Å². The molecule has 3 heteroatoms. The number of fused-ring (bicyclic) bond motifs is 1. The second-order valence-corrected chi connectivity index (χ2v) is 3.83. The summed E-state index contributed by atoms with van der Waals surface area (Å²) >= 11 is 0. The summed E-state index contributed by atoms with van der Waals surface area (Å²) in [5.41, 5.74) is 0. The molecule has 17 heavy (non-hydrogen) atoms. The van der Waals surface area contributed by atoms with E-state index in [2.05, 4.69) is 0 Å². The van der Waals surface area contributed by atoms with Crippen LogP contribution in [0.3, 0.4) is 0 Å². The number of rotatable bonds is 4. The van der Waals surface area contributed by atoms with Gasteiger partial charge in [-0.3, -0.25) is 0 Å². The molecule has 0 amide bonds. The van der Waals surface area contributed by atoms with Gasteiger partial charge in [-0.1, -0.05) is 43.3 Å². The Bertz CT molecular complexity index is 528. The molecule has 0 saturated carbocycles. The van der Waals surface area contributed by atoms with E-state index in [0.29, 0.717) is 12.2 Å². The molecule has 0 aliphatic heterocycles. The van der Waals surface area contributed by atoms with Crippen molar-refractivity contribution < 1.29 is 14.6 Å². The molecule has 0 spiro atoms. The summed E-state index contributed by atoms with van der Waals surface area (Å²) < 4.78 is 5.54. The lowest BCUT2D eigenvalue weighted by Gasteiger charge is -2.14. The Labute approximate surface area is 99.6 Å². The van der Waals surface area contributed by atoms with Gasteiger partial charge >= 0.3 is 5.97 Å². The Morgan fingerprint density at radius 1 is 1.24 bits per heavy atom. The van der Waals surface area contributed by atoms with Crippen LogP contribution in [0.2, 0.25) is 0 Å². The van der Waals surface area contributed by atoms with Crippen molar-refractivity contribution >= 4 is 16.7 Å². The molecular weight excluding hydrogens is 216 g/mol. The fraction of sp³-hybridized carbons (Fsp3) is 0.214. The normalized spacial score (nSPS) is 12.3. The van der Waals surface area contributed by atoms with Gasteiger partial charge < -0.3 is 9.84 Å². The average molecular weight is 230 g/mol. The van der Waals surface area contributed by atoms with Crippen LogP contribution in [-0.4, -0.2) is 17.2 Å². The number of benzene rings is 2. The predicted octanol–water partition coefficient (Wildman–Crippen LogP) is 3.08. The molecule has 3 nitrogen and oxygen atoms in total. The number of ether oxygens (including phenoxy) is 1. The summed E-state index contributed by atoms with van der Waals surface area (Å²) in [6, 6.07) is 13.4. The molecule has 1 atom stereocenters. The molecular formula is C14H14O3. The van der Waals surface area contributed by atoms with E-state index >= 15 is 0 Å². The molecule has 0 saturated heterocycles. The average Bonchev–Trinajstić information content (AvgIpc) is 2.35. The van der Waals surface area contributed by atoms with E-state index in [-0.39, 0.29) is 0 Å². The van der Waals surface area contributed by atoms with Gasteiger partial charge in [0.1, 0.15) is 5.75 Å². The molecule has 0 radical (unpaired) electrons. The Hall–Kier alpha value is -2.03. The number of carbonyl (C=O) groups is 1. The standard InChI is InChI=1S/C14H14O3/c1-2-12(14(15)16)17-13-9-5-7-10-6-3-4-8-11(10)13/h3-9,12H,2H2,1H3,(H,15,16)/t12-/m1/s1. The van der Waals surface area contributed by atoms with E-state index in [1.165, 1.54) is 0 Å². The first-order valence-electron chi connectivity index (χ1n) is 5.59. The first-order valence-corrected chi connectivity index (χ1v) is 5.59. The van der Waals surface area contributed by atoms with Gasteiger partial charge in [-0.25, -0.2) is 4.79 Å². The maximum Gasteiger partial charge on any atom is 0.344 e. The van der Waals surface area contributed by atoms with Crippen molar-refractivity contribution in [3.05, 3.63) is 42.5 Å². The summed E-state index contributed by atoms with van der Waals surface area (Å²) in [4.78, 5) is 10.9. The van der Waals surface area contributed by atoms with Gasteiger partial charge in [0, 0.05) is 5.39 Å². The van der Waals surface area contributed by atoms with Crippen molar-refractivity contribution in [2.45, 2.75) is 19.4 Å². The number of carboxylic acids is 1. The smallest absolute Gasteiger partial charge is 0.344 e. The third kappa shape index (κ3) is 2.38. The van der Waals surface area contributed by atoms with E-state index in [4.69, 9.17) is 9.84 Å². The van der Waals surface area contributed by atoms with Crippen LogP contribution in [0.15, 0.2) is 42.5 Å². The highest BCUT2D eigenvalue weighted by Crippen LogP contribution is 2.26. The fourth-order valence-corrected chi connectivity index (χ4v) is 1.76. The van der Waals surface area contributed by atoms with Crippen LogP contribution in [0.1, 0.15) is 13.3 Å². The summed E-state index contributed by atoms with van der Waals surface area (Å²) in [6.45, 7) is 1.80. The topological polar surface area (TPSA) is 46.5 Å². The zero-order valence-electron chi connectivity index (χ0n) is 9.59. The highest BCUT2D eigenvalue weighted by Gasteiger charge is 2.17. The second-order valence-electron chi connectivity index (χ2n) is 3.83. The van der Waals surface area contributed by atoms with Gasteiger partial charge in [0.15, 0.2) is 6.10 Å². The SMILES string of the molecule is CC[C@@H](Oc1cccc2ccccc12)C(=O)O. The molecule has 0 fully saturated rings. The Kier molecular flexibility index (Phi) is 3.28. The predicted molar refractivity (Wildman–Crippen MR) is 66.3 cm³/mol. The summed E-state index contributed by atoms with van der Waals surface area (Å²) in [7, 11) is 0. The number of aliphatic carboxylic acids is 1. The van der Waals surface area contributed by atoms with Gasteiger partial charge in [0.2, 0.25) is 0 Å². The van der Waals surface area contributed by atoms with Gasteiger partial charge in [0.05, 0.1) is 0 Å². The van der Waals surface area contributed by atoms with Gasteiger partial charge in [-0.15, -0.1) is 0 Å². The lowest BCUT2D eigenvalue weighted by Crippen LogP contribution is -2.25. The molecule has 0 heterocycles. The summed E-state index contributed by atoms with van der Waals surface area (Å²) in [5, 5.41) is 11.0. The van der Waals surface area contributed by atoms with Crippen molar-refractivity contribution in [1.29, 1.82) is 0 Å². The summed E-state index contributed by atoms with van der Waals surface area (Å²) in [5.74, 6) is -0.308. The molecule has 2 aromatic rings. The first kappa shape index (κ1) is 11.5. The molecule has 0 unspecified atom stereocenters. The fourth-order valence-electron chi connectivity index (χ4n) is 1.76. The number of hydrogen-bond acceptors (Lipinski definition) is 2. The minimum atomic E-state index is -0.930. The third-order valence-corrected chi connectivity index (χ3v) is 2.67. The van der Waals surface area contributed by atoms with Crippen LogP contribution >= 0.6 is 0 Å². The highest BCUT2D eigenvalue weighted by molar-refractivity contribution is 5.88. The molecule has 0 aromatic heterocycles. The minimum absolute atomic E-state index is 0.443. The molecule has 0 aliphatic carbocycles. The van der Waals surface area contributed by atoms with Crippen molar-refractivity contribution in [2.24, 2.45) is 0 Å². The third-order valence-electron chi connectivity index (χ3n) is 2.67. The van der Waals surface area contributed by atoms with E-state index in [0.717, 1.165) is 10.8 Å². The van der Waals surface area contributed by atoms with Crippen molar-refractivity contribution in [3.63, 3.8) is 0 Å². The maximum atomic E-state index is 10.9. The second kappa shape index (κ2) is 4.87.